The van der Waals surface area contributed by atoms with Crippen LogP contribution >= 0.6 is 0 Å². The maximum atomic E-state index is 12.2. The van der Waals surface area contributed by atoms with Crippen molar-refractivity contribution in [3.05, 3.63) is 28.8 Å². The highest BCUT2D eigenvalue weighted by Gasteiger charge is 2.32. The number of hydrogen-bond donors (Lipinski definition) is 1. The van der Waals surface area contributed by atoms with Crippen LogP contribution in [0.15, 0.2) is 12.1 Å². The van der Waals surface area contributed by atoms with E-state index < -0.39 is 0 Å². The van der Waals surface area contributed by atoms with E-state index in [1.54, 1.807) is 0 Å². The smallest absolute Gasteiger partial charge is 0.232 e. The quantitative estimate of drug-likeness (QED) is 0.859. The molecule has 3 rings (SSSR count). The minimum atomic E-state index is 0.0919. The molecule has 2 heteroatoms. The molecule has 1 aliphatic carbocycles. The average Bonchev–Trinajstić information content (AvgIpc) is 2.95. The van der Waals surface area contributed by atoms with Gasteiger partial charge in [0.1, 0.15) is 0 Å². The largest absolute Gasteiger partial charge is 0.325 e. The number of hydrogen-bond acceptors (Lipinski definition) is 1. The highest BCUT2D eigenvalue weighted by Crippen LogP contribution is 2.40. The molecule has 19 heavy (non-hydrogen) atoms. The molecule has 1 aromatic carbocycles. The van der Waals surface area contributed by atoms with Gasteiger partial charge in [0.05, 0.1) is 5.92 Å². The minimum absolute atomic E-state index is 0.0919. The molecule has 1 amide bonds. The Balaban J connectivity index is 1.77. The molecule has 1 unspecified atom stereocenters. The molecule has 0 saturated heterocycles. The van der Waals surface area contributed by atoms with E-state index in [9.17, 15) is 4.79 Å². The van der Waals surface area contributed by atoms with Gasteiger partial charge in [-0.25, -0.2) is 0 Å². The molecule has 102 valence electrons. The molecular weight excluding hydrogens is 234 g/mol. The highest BCUT2D eigenvalue weighted by molar-refractivity contribution is 6.03. The van der Waals surface area contributed by atoms with Crippen LogP contribution in [-0.2, 0) is 4.79 Å². The Kier molecular flexibility index (Phi) is 3.34. The normalized spacial score (nSPS) is 22.6. The predicted molar refractivity (Wildman–Crippen MR) is 78.5 cm³/mol. The molecule has 2 aliphatic rings. The lowest BCUT2D eigenvalue weighted by Crippen LogP contribution is -2.13. The summed E-state index contributed by atoms with van der Waals surface area (Å²) in [4.78, 5) is 12.2. The molecule has 1 saturated carbocycles. The first-order valence-electron chi connectivity index (χ1n) is 7.57. The number of aryl methyl sites for hydroxylation is 2. The summed E-state index contributed by atoms with van der Waals surface area (Å²) >= 11 is 0. The van der Waals surface area contributed by atoms with Crippen LogP contribution in [0.2, 0.25) is 0 Å². The molecule has 1 fully saturated rings. The SMILES string of the molecule is Cc1cc(C)c2c(c1)C(CCC1CCCC1)C(=O)N2. The fourth-order valence-corrected chi connectivity index (χ4v) is 3.79. The molecular formula is C17H23NO. The molecule has 0 bridgehead atoms. The molecule has 1 aromatic rings. The molecule has 2 nitrogen and oxygen atoms in total. The van der Waals surface area contributed by atoms with Gasteiger partial charge < -0.3 is 5.32 Å². The Labute approximate surface area is 115 Å². The van der Waals surface area contributed by atoms with E-state index in [-0.39, 0.29) is 11.8 Å². The highest BCUT2D eigenvalue weighted by atomic mass is 16.2. The zero-order valence-electron chi connectivity index (χ0n) is 12.0. The molecule has 0 spiro atoms. The summed E-state index contributed by atoms with van der Waals surface area (Å²) in [5.74, 6) is 1.17. The fourth-order valence-electron chi connectivity index (χ4n) is 3.79. The lowest BCUT2D eigenvalue weighted by atomic mass is 9.89. The van der Waals surface area contributed by atoms with Crippen LogP contribution in [0.25, 0.3) is 0 Å². The number of amides is 1. The summed E-state index contributed by atoms with van der Waals surface area (Å²) in [5.41, 5.74) is 4.78. The van der Waals surface area contributed by atoms with Crippen LogP contribution in [-0.4, -0.2) is 5.91 Å². The zero-order valence-corrected chi connectivity index (χ0v) is 12.0. The van der Waals surface area contributed by atoms with E-state index in [0.717, 1.165) is 18.0 Å². The van der Waals surface area contributed by atoms with Gasteiger partial charge >= 0.3 is 0 Å². The second-order valence-electron chi connectivity index (χ2n) is 6.32. The predicted octanol–water partition coefficient (Wildman–Crippen LogP) is 4.31. The molecule has 1 heterocycles. The molecule has 1 N–H and O–H groups in total. The van der Waals surface area contributed by atoms with Gasteiger partial charge in [0, 0.05) is 5.69 Å². The number of benzene rings is 1. The molecule has 0 radical (unpaired) electrons. The Bertz CT molecular complexity index is 500. The number of fused-ring (bicyclic) bond motifs is 1. The van der Waals surface area contributed by atoms with Gasteiger partial charge in [-0.05, 0) is 43.7 Å². The number of rotatable bonds is 3. The Morgan fingerprint density at radius 3 is 2.63 bits per heavy atom. The summed E-state index contributed by atoms with van der Waals surface area (Å²) in [6.07, 6.45) is 7.74. The van der Waals surface area contributed by atoms with Crippen molar-refractivity contribution in [2.75, 3.05) is 5.32 Å². The first-order chi connectivity index (χ1) is 9.15. The summed E-state index contributed by atoms with van der Waals surface area (Å²) in [7, 11) is 0. The Morgan fingerprint density at radius 2 is 1.89 bits per heavy atom. The van der Waals surface area contributed by atoms with Crippen LogP contribution in [0.1, 0.15) is 61.1 Å². The van der Waals surface area contributed by atoms with Gasteiger partial charge in [0.25, 0.3) is 0 Å². The fraction of sp³-hybridized carbons (Fsp3) is 0.588. The van der Waals surface area contributed by atoms with Crippen molar-refractivity contribution in [2.24, 2.45) is 5.92 Å². The summed E-state index contributed by atoms with van der Waals surface area (Å²) in [6.45, 7) is 4.20. The van der Waals surface area contributed by atoms with Crippen molar-refractivity contribution in [3.63, 3.8) is 0 Å². The number of anilines is 1. The van der Waals surface area contributed by atoms with Gasteiger partial charge in [0.2, 0.25) is 5.91 Å². The lowest BCUT2D eigenvalue weighted by Gasteiger charge is -2.13. The maximum Gasteiger partial charge on any atom is 0.232 e. The Hall–Kier alpha value is -1.31. The number of carbonyl (C=O) groups excluding carboxylic acids is 1. The third-order valence-corrected chi connectivity index (χ3v) is 4.79. The van der Waals surface area contributed by atoms with Crippen LogP contribution < -0.4 is 5.32 Å². The van der Waals surface area contributed by atoms with Gasteiger partial charge in [-0.2, -0.15) is 0 Å². The monoisotopic (exact) mass is 257 g/mol. The number of carbonyl (C=O) groups is 1. The van der Waals surface area contributed by atoms with E-state index in [1.165, 1.54) is 48.8 Å². The van der Waals surface area contributed by atoms with Crippen molar-refractivity contribution in [3.8, 4) is 0 Å². The second kappa shape index (κ2) is 4.99. The van der Waals surface area contributed by atoms with Crippen LogP contribution in [0, 0.1) is 19.8 Å². The number of nitrogens with one attached hydrogen (secondary N) is 1. The van der Waals surface area contributed by atoms with E-state index in [4.69, 9.17) is 0 Å². The van der Waals surface area contributed by atoms with Gasteiger partial charge in [0.15, 0.2) is 0 Å². The molecule has 1 aliphatic heterocycles. The van der Waals surface area contributed by atoms with Crippen molar-refractivity contribution in [1.82, 2.24) is 0 Å². The average molecular weight is 257 g/mol. The first-order valence-corrected chi connectivity index (χ1v) is 7.57. The van der Waals surface area contributed by atoms with Crippen LogP contribution in [0.3, 0.4) is 0 Å². The third kappa shape index (κ3) is 2.41. The van der Waals surface area contributed by atoms with Gasteiger partial charge in [-0.1, -0.05) is 43.4 Å². The van der Waals surface area contributed by atoms with E-state index >= 15 is 0 Å². The maximum absolute atomic E-state index is 12.2. The van der Waals surface area contributed by atoms with Crippen molar-refractivity contribution < 1.29 is 4.79 Å². The van der Waals surface area contributed by atoms with Crippen molar-refractivity contribution >= 4 is 11.6 Å². The van der Waals surface area contributed by atoms with Crippen molar-refractivity contribution in [1.29, 1.82) is 0 Å². The minimum Gasteiger partial charge on any atom is -0.325 e. The van der Waals surface area contributed by atoms with Crippen LogP contribution in [0.5, 0.6) is 0 Å². The van der Waals surface area contributed by atoms with E-state index in [2.05, 4.69) is 31.3 Å². The van der Waals surface area contributed by atoms with Gasteiger partial charge in [-0.15, -0.1) is 0 Å². The molecule has 1 atom stereocenters. The second-order valence-corrected chi connectivity index (χ2v) is 6.32. The van der Waals surface area contributed by atoms with E-state index in [1.807, 2.05) is 0 Å². The lowest BCUT2D eigenvalue weighted by molar-refractivity contribution is -0.117. The van der Waals surface area contributed by atoms with Crippen molar-refractivity contribution in [2.45, 2.75) is 58.3 Å². The summed E-state index contributed by atoms with van der Waals surface area (Å²) in [5, 5.41) is 3.08. The zero-order chi connectivity index (χ0) is 13.4. The third-order valence-electron chi connectivity index (χ3n) is 4.79. The first kappa shape index (κ1) is 12.7. The topological polar surface area (TPSA) is 29.1 Å². The molecule has 0 aromatic heterocycles. The summed E-state index contributed by atoms with van der Waals surface area (Å²) in [6, 6.07) is 4.35. The van der Waals surface area contributed by atoms with Crippen LogP contribution in [0.4, 0.5) is 5.69 Å². The Morgan fingerprint density at radius 1 is 1.16 bits per heavy atom. The standard InChI is InChI=1S/C17H23NO/c1-11-9-12(2)16-15(10-11)14(17(19)18-16)8-7-13-5-3-4-6-13/h9-10,13-14H,3-8H2,1-2H3,(H,18,19). The van der Waals surface area contributed by atoms with E-state index in [0.29, 0.717) is 0 Å². The van der Waals surface area contributed by atoms with Gasteiger partial charge in [-0.3, -0.25) is 4.79 Å². The summed E-state index contributed by atoms with van der Waals surface area (Å²) < 4.78 is 0.